The summed E-state index contributed by atoms with van der Waals surface area (Å²) in [7, 11) is 4.58. The number of aromatic nitrogens is 2. The molecular weight excluding hydrogens is 730 g/mol. The fraction of sp³-hybridized carbons (Fsp3) is 0.409. The number of benzene rings is 3. The summed E-state index contributed by atoms with van der Waals surface area (Å²) >= 11 is 0. The number of carbonyl (C=O) groups excluding carboxylic acids is 2. The van der Waals surface area contributed by atoms with Crippen LogP contribution >= 0.6 is 0 Å². The lowest BCUT2D eigenvalue weighted by Crippen LogP contribution is -2.83. The van der Waals surface area contributed by atoms with Gasteiger partial charge in [-0.15, -0.1) is 0 Å². The number of aromatic amines is 1. The lowest BCUT2D eigenvalue weighted by Gasteiger charge is -2.67. The van der Waals surface area contributed by atoms with Gasteiger partial charge in [0.25, 0.3) is 5.56 Å². The molecule has 4 fully saturated rings. The van der Waals surface area contributed by atoms with Crippen molar-refractivity contribution < 1.29 is 38.4 Å². The normalized spacial score (nSPS) is 27.9. The molecular formula is C44H45N3O10. The van der Waals surface area contributed by atoms with Gasteiger partial charge in [-0.05, 0) is 85.4 Å². The molecule has 13 heteroatoms. The third-order valence-electron chi connectivity index (χ3n) is 13.4. The highest BCUT2D eigenvalue weighted by Crippen LogP contribution is 2.73. The molecule has 9 rings (SSSR count). The second-order valence-corrected chi connectivity index (χ2v) is 16.4. The maximum atomic E-state index is 14.9. The van der Waals surface area contributed by atoms with Gasteiger partial charge in [0.1, 0.15) is 17.1 Å². The minimum absolute atomic E-state index is 0.0000288. The zero-order valence-electron chi connectivity index (χ0n) is 32.3. The molecule has 1 aromatic heterocycles. The number of esters is 1. The van der Waals surface area contributed by atoms with Gasteiger partial charge in [-0.1, -0.05) is 54.6 Å². The highest BCUT2D eigenvalue weighted by Gasteiger charge is 2.83. The molecule has 3 aliphatic carbocycles. The van der Waals surface area contributed by atoms with Crippen molar-refractivity contribution in [3.63, 3.8) is 0 Å². The number of aryl methyl sites for hydroxylation is 1. The van der Waals surface area contributed by atoms with Gasteiger partial charge in [0, 0.05) is 18.2 Å². The highest BCUT2D eigenvalue weighted by molar-refractivity contribution is 5.90. The first kappa shape index (κ1) is 36.9. The maximum Gasteiger partial charge on any atom is 0.335 e. The standard InChI is InChI=1S/C44H45N3O10/c1-27-23-46(39(51)45-36(27)49)37-34-35-42(57-37,25-43(35,52)47(34)38(50)41-20-18-40(24-41,19-21-41)22-33(48)55-4)26-56-44(28-8-6-5-7-9-28,29-10-14-31(53-2)15-11-29)30-12-16-32(54-3)17-13-30/h5-17,23,35,52H,18-22,24-26H2,1-4H3,(H,45,49,51)/t35?,40?,41?,42-,43?/m1/s1. The summed E-state index contributed by atoms with van der Waals surface area (Å²) in [5.74, 6) is 0.121. The second kappa shape index (κ2) is 12.9. The number of likely N-dealkylation sites (tertiary alicyclic amines) is 1. The second-order valence-electron chi connectivity index (χ2n) is 16.4. The van der Waals surface area contributed by atoms with Crippen molar-refractivity contribution in [1.82, 2.24) is 14.5 Å². The zero-order valence-corrected chi connectivity index (χ0v) is 32.3. The third kappa shape index (κ3) is 5.27. The number of piperidine rings is 1. The molecule has 3 atom stereocenters. The van der Waals surface area contributed by atoms with E-state index < -0.39 is 39.5 Å². The average Bonchev–Trinajstić information content (AvgIpc) is 3.83. The number of hydrogen-bond acceptors (Lipinski definition) is 10. The van der Waals surface area contributed by atoms with Gasteiger partial charge in [-0.25, -0.2) is 9.36 Å². The number of aliphatic hydroxyl groups is 1. The molecule has 4 aromatic rings. The summed E-state index contributed by atoms with van der Waals surface area (Å²) in [5.41, 5.74) is -3.37. The van der Waals surface area contributed by atoms with Gasteiger partial charge in [-0.2, -0.15) is 0 Å². The van der Waals surface area contributed by atoms with E-state index in [9.17, 15) is 24.3 Å². The van der Waals surface area contributed by atoms with Crippen LogP contribution in [0.4, 0.5) is 0 Å². The third-order valence-corrected chi connectivity index (χ3v) is 13.4. The van der Waals surface area contributed by atoms with Crippen molar-refractivity contribution in [3.8, 4) is 11.5 Å². The number of nitrogens with zero attached hydrogens (tertiary/aromatic N) is 2. The van der Waals surface area contributed by atoms with E-state index in [1.54, 1.807) is 21.1 Å². The van der Waals surface area contributed by atoms with Gasteiger partial charge in [0.2, 0.25) is 11.8 Å². The minimum atomic E-state index is -1.61. The van der Waals surface area contributed by atoms with E-state index in [0.29, 0.717) is 49.3 Å². The first-order chi connectivity index (χ1) is 27.4. The number of hydrogen-bond donors (Lipinski definition) is 2. The number of methoxy groups -OCH3 is 3. The summed E-state index contributed by atoms with van der Waals surface area (Å²) in [4.78, 5) is 57.1. The van der Waals surface area contributed by atoms with Gasteiger partial charge >= 0.3 is 11.7 Å². The lowest BCUT2D eigenvalue weighted by molar-refractivity contribution is -0.324. The van der Waals surface area contributed by atoms with Crippen molar-refractivity contribution in [1.29, 1.82) is 0 Å². The van der Waals surface area contributed by atoms with Crippen molar-refractivity contribution >= 4 is 17.8 Å². The SMILES string of the molecule is COC(=O)CC12CCC(C(=O)N3C4=C(n5cc(C)c(=O)[nH]c5=O)O[C@@]5(COC(c6ccccc6)(c6ccc(OC)cc6)c6ccc(OC)cc6)CC3(O)C45)(CC1)C2. The number of H-pyrrole nitrogens is 1. The molecule has 57 heavy (non-hydrogen) atoms. The molecule has 296 valence electrons. The van der Waals surface area contributed by atoms with E-state index in [2.05, 4.69) is 4.98 Å². The van der Waals surface area contributed by atoms with Crippen molar-refractivity contribution in [2.75, 3.05) is 27.9 Å². The maximum absolute atomic E-state index is 14.9. The zero-order chi connectivity index (χ0) is 40.0. The Balaban J connectivity index is 1.13. The van der Waals surface area contributed by atoms with E-state index >= 15 is 0 Å². The fourth-order valence-electron chi connectivity index (χ4n) is 10.6. The van der Waals surface area contributed by atoms with E-state index in [1.807, 2.05) is 78.9 Å². The first-order valence-electron chi connectivity index (χ1n) is 19.3. The summed E-state index contributed by atoms with van der Waals surface area (Å²) in [6.45, 7) is 1.52. The Kier molecular flexibility index (Phi) is 8.38. The Labute approximate surface area is 328 Å². The highest BCUT2D eigenvalue weighted by atomic mass is 16.6. The Morgan fingerprint density at radius 2 is 1.46 bits per heavy atom. The molecule has 2 aliphatic heterocycles. The van der Waals surface area contributed by atoms with Gasteiger partial charge in [-0.3, -0.25) is 24.3 Å². The molecule has 3 heterocycles. The van der Waals surface area contributed by atoms with Crippen molar-refractivity contribution in [2.24, 2.45) is 16.7 Å². The summed E-state index contributed by atoms with van der Waals surface area (Å²) in [6.07, 6.45) is 4.67. The van der Waals surface area contributed by atoms with Crippen LogP contribution in [-0.2, 0) is 29.4 Å². The fourth-order valence-corrected chi connectivity index (χ4v) is 10.6. The van der Waals surface area contributed by atoms with Crippen LogP contribution < -0.4 is 20.7 Å². The van der Waals surface area contributed by atoms with Crippen LogP contribution in [0.15, 0.2) is 100 Å². The first-order valence-corrected chi connectivity index (χ1v) is 19.3. The smallest absolute Gasteiger partial charge is 0.335 e. The largest absolute Gasteiger partial charge is 0.497 e. The number of rotatable bonds is 12. The Hall–Kier alpha value is -5.66. The van der Waals surface area contributed by atoms with Gasteiger partial charge < -0.3 is 28.8 Å². The average molecular weight is 776 g/mol. The summed E-state index contributed by atoms with van der Waals surface area (Å²) in [6, 6.07) is 25.1. The number of carbonyl (C=O) groups is 2. The summed E-state index contributed by atoms with van der Waals surface area (Å²) < 4.78 is 31.4. The Morgan fingerprint density at radius 3 is 2.04 bits per heavy atom. The number of ether oxygens (including phenoxy) is 5. The number of fused-ring (bicyclic) bond motifs is 2. The molecule has 2 bridgehead atoms. The topological polar surface area (TPSA) is 159 Å². The van der Waals surface area contributed by atoms with Crippen LogP contribution in [0.3, 0.4) is 0 Å². The molecule has 0 radical (unpaired) electrons. The van der Waals surface area contributed by atoms with Crippen molar-refractivity contribution in [2.45, 2.75) is 68.8 Å². The number of nitrogens with one attached hydrogen (secondary N) is 1. The van der Waals surface area contributed by atoms with Crippen LogP contribution in [0.25, 0.3) is 5.88 Å². The Bertz CT molecular complexity index is 2370. The van der Waals surface area contributed by atoms with E-state index in [0.717, 1.165) is 16.7 Å². The molecule has 13 nitrogen and oxygen atoms in total. The minimum Gasteiger partial charge on any atom is -0.497 e. The van der Waals surface area contributed by atoms with E-state index in [1.165, 1.54) is 22.8 Å². The molecule has 2 N–H and O–H groups in total. The molecule has 1 saturated heterocycles. The summed E-state index contributed by atoms with van der Waals surface area (Å²) in [5, 5.41) is 12.5. The number of amides is 1. The van der Waals surface area contributed by atoms with Crippen LogP contribution in [0, 0.1) is 23.7 Å². The molecule has 2 unspecified atom stereocenters. The Morgan fingerprint density at radius 1 is 0.860 bits per heavy atom. The predicted octanol–water partition coefficient (Wildman–Crippen LogP) is 4.83. The van der Waals surface area contributed by atoms with Crippen molar-refractivity contribution in [3.05, 3.63) is 134 Å². The monoisotopic (exact) mass is 775 g/mol. The molecule has 0 spiro atoms. The lowest BCUT2D eigenvalue weighted by atomic mass is 9.54. The molecule has 5 aliphatic rings. The van der Waals surface area contributed by atoms with E-state index in [-0.39, 0.29) is 48.2 Å². The van der Waals surface area contributed by atoms with Crippen LogP contribution in [-0.4, -0.2) is 70.7 Å². The van der Waals surface area contributed by atoms with Crippen LogP contribution in [0.1, 0.15) is 67.2 Å². The van der Waals surface area contributed by atoms with Crippen LogP contribution in [0.2, 0.25) is 0 Å². The van der Waals surface area contributed by atoms with Gasteiger partial charge in [0.15, 0.2) is 11.3 Å². The quantitative estimate of drug-likeness (QED) is 0.151. The van der Waals surface area contributed by atoms with Gasteiger partial charge in [0.05, 0.1) is 51.4 Å². The van der Waals surface area contributed by atoms with E-state index in [4.69, 9.17) is 23.7 Å². The predicted molar refractivity (Wildman–Crippen MR) is 206 cm³/mol. The van der Waals surface area contributed by atoms with Crippen LogP contribution in [0.5, 0.6) is 11.5 Å². The molecule has 3 saturated carbocycles. The molecule has 3 aromatic carbocycles. The molecule has 1 amide bonds.